The van der Waals surface area contributed by atoms with Crippen LogP contribution in [0.1, 0.15) is 12.5 Å². The second-order valence-electron chi connectivity index (χ2n) is 2.49. The van der Waals surface area contributed by atoms with Gasteiger partial charge in [-0.15, -0.1) is 12.6 Å². The molecule has 0 spiro atoms. The molecule has 0 heterocycles. The van der Waals surface area contributed by atoms with Crippen molar-refractivity contribution < 1.29 is 9.53 Å². The number of hydrogen-bond donors (Lipinski definition) is 1. The second-order valence-corrected chi connectivity index (χ2v) is 2.98. The zero-order chi connectivity index (χ0) is 9.14. The Kier molecular flexibility index (Phi) is 2.76. The van der Waals surface area contributed by atoms with E-state index in [1.807, 2.05) is 13.0 Å². The normalized spacial score (nSPS) is 9.58. The summed E-state index contributed by atoms with van der Waals surface area (Å²) in [5.74, 6) is 0.270. The number of ether oxygens (including phenoxy) is 1. The standard InChI is InChI=1S/C9H10O2S/c1-6-8(11-7(2)10)4-3-5-9(6)12/h3-5,12H,1-2H3. The zero-order valence-electron chi connectivity index (χ0n) is 7.00. The summed E-state index contributed by atoms with van der Waals surface area (Å²) in [4.78, 5) is 11.5. The van der Waals surface area contributed by atoms with Gasteiger partial charge >= 0.3 is 5.97 Å². The highest BCUT2D eigenvalue weighted by Gasteiger charge is 2.03. The van der Waals surface area contributed by atoms with E-state index in [0.29, 0.717) is 5.75 Å². The van der Waals surface area contributed by atoms with Crippen molar-refractivity contribution in [1.29, 1.82) is 0 Å². The van der Waals surface area contributed by atoms with Crippen LogP contribution in [0.5, 0.6) is 5.75 Å². The lowest BCUT2D eigenvalue weighted by Crippen LogP contribution is -2.02. The first-order valence-corrected chi connectivity index (χ1v) is 4.03. The molecule has 3 heteroatoms. The van der Waals surface area contributed by atoms with Gasteiger partial charge in [-0.1, -0.05) is 6.07 Å². The summed E-state index contributed by atoms with van der Waals surface area (Å²) < 4.78 is 4.94. The van der Waals surface area contributed by atoms with Crippen LogP contribution < -0.4 is 4.74 Å². The summed E-state index contributed by atoms with van der Waals surface area (Å²) >= 11 is 4.20. The van der Waals surface area contributed by atoms with Gasteiger partial charge in [0.05, 0.1) is 0 Å². The van der Waals surface area contributed by atoms with Gasteiger partial charge in [-0.25, -0.2) is 0 Å². The van der Waals surface area contributed by atoms with E-state index in [0.717, 1.165) is 10.5 Å². The Hall–Kier alpha value is -0.960. The molecular formula is C9H10O2S. The molecule has 0 aliphatic heterocycles. The lowest BCUT2D eigenvalue weighted by molar-refractivity contribution is -0.131. The van der Waals surface area contributed by atoms with Gasteiger partial charge in [-0.2, -0.15) is 0 Å². The van der Waals surface area contributed by atoms with Gasteiger partial charge in [0.15, 0.2) is 0 Å². The highest BCUT2D eigenvalue weighted by Crippen LogP contribution is 2.23. The van der Waals surface area contributed by atoms with E-state index in [2.05, 4.69) is 12.6 Å². The van der Waals surface area contributed by atoms with Gasteiger partial charge in [0, 0.05) is 17.4 Å². The molecule has 0 aliphatic carbocycles. The van der Waals surface area contributed by atoms with Crippen molar-refractivity contribution in [1.82, 2.24) is 0 Å². The first-order chi connectivity index (χ1) is 5.61. The summed E-state index contributed by atoms with van der Waals surface area (Å²) in [6.07, 6.45) is 0. The molecule has 0 saturated carbocycles. The summed E-state index contributed by atoms with van der Waals surface area (Å²) in [7, 11) is 0. The average molecular weight is 182 g/mol. The highest BCUT2D eigenvalue weighted by atomic mass is 32.1. The third-order valence-electron chi connectivity index (χ3n) is 1.51. The van der Waals surface area contributed by atoms with E-state index in [1.165, 1.54) is 6.92 Å². The topological polar surface area (TPSA) is 26.3 Å². The number of thiol groups is 1. The fourth-order valence-corrected chi connectivity index (χ4v) is 1.06. The van der Waals surface area contributed by atoms with E-state index < -0.39 is 0 Å². The number of esters is 1. The molecule has 1 aromatic rings. The quantitative estimate of drug-likeness (QED) is 0.409. The Labute approximate surface area is 77.0 Å². The molecule has 64 valence electrons. The number of hydrogen-bond acceptors (Lipinski definition) is 3. The minimum absolute atomic E-state index is 0.308. The van der Waals surface area contributed by atoms with Crippen LogP contribution in [-0.4, -0.2) is 5.97 Å². The number of carbonyl (C=O) groups excluding carboxylic acids is 1. The SMILES string of the molecule is CC(=O)Oc1cccc(S)c1C. The molecule has 1 aromatic carbocycles. The lowest BCUT2D eigenvalue weighted by atomic mass is 10.2. The molecule has 2 nitrogen and oxygen atoms in total. The predicted molar refractivity (Wildman–Crippen MR) is 49.7 cm³/mol. The van der Waals surface area contributed by atoms with Crippen molar-refractivity contribution in [2.45, 2.75) is 18.7 Å². The fraction of sp³-hybridized carbons (Fsp3) is 0.222. The van der Waals surface area contributed by atoms with Gasteiger partial charge < -0.3 is 4.74 Å². The van der Waals surface area contributed by atoms with Gasteiger partial charge in [-0.3, -0.25) is 4.79 Å². The fourth-order valence-electron chi connectivity index (χ4n) is 0.868. The van der Waals surface area contributed by atoms with Crippen LogP contribution in [0.15, 0.2) is 23.1 Å². The molecule has 0 bridgehead atoms. The van der Waals surface area contributed by atoms with Gasteiger partial charge in [0.2, 0.25) is 0 Å². The van der Waals surface area contributed by atoms with Gasteiger partial charge in [0.25, 0.3) is 0 Å². The molecule has 0 radical (unpaired) electrons. The Morgan fingerprint density at radius 2 is 2.17 bits per heavy atom. The Bertz CT molecular complexity index is 307. The number of benzene rings is 1. The maximum absolute atomic E-state index is 10.6. The Morgan fingerprint density at radius 3 is 2.75 bits per heavy atom. The molecule has 0 fully saturated rings. The van der Waals surface area contributed by atoms with Crippen LogP contribution in [0.25, 0.3) is 0 Å². The maximum Gasteiger partial charge on any atom is 0.308 e. The monoisotopic (exact) mass is 182 g/mol. The van der Waals surface area contributed by atoms with Crippen LogP contribution in [0.2, 0.25) is 0 Å². The molecule has 0 N–H and O–H groups in total. The van der Waals surface area contributed by atoms with Crippen LogP contribution in [-0.2, 0) is 4.79 Å². The molecule has 0 unspecified atom stereocenters. The molecule has 0 amide bonds. The van der Waals surface area contributed by atoms with E-state index in [-0.39, 0.29) is 5.97 Å². The molecule has 0 aromatic heterocycles. The molecule has 12 heavy (non-hydrogen) atoms. The van der Waals surface area contributed by atoms with Crippen molar-refractivity contribution in [2.75, 3.05) is 0 Å². The molecule has 1 rings (SSSR count). The summed E-state index contributed by atoms with van der Waals surface area (Å²) in [5.41, 5.74) is 0.885. The Balaban J connectivity index is 3.00. The average Bonchev–Trinajstić information content (AvgIpc) is 1.98. The minimum atomic E-state index is -0.308. The predicted octanol–water partition coefficient (Wildman–Crippen LogP) is 2.21. The summed E-state index contributed by atoms with van der Waals surface area (Å²) in [6.45, 7) is 3.24. The van der Waals surface area contributed by atoms with Crippen molar-refractivity contribution in [3.05, 3.63) is 23.8 Å². The second kappa shape index (κ2) is 3.63. The minimum Gasteiger partial charge on any atom is -0.426 e. The van der Waals surface area contributed by atoms with Crippen LogP contribution >= 0.6 is 12.6 Å². The van der Waals surface area contributed by atoms with E-state index in [9.17, 15) is 4.79 Å². The van der Waals surface area contributed by atoms with Crippen molar-refractivity contribution in [3.8, 4) is 5.75 Å². The molecule has 0 saturated heterocycles. The van der Waals surface area contributed by atoms with Crippen LogP contribution in [0.4, 0.5) is 0 Å². The Morgan fingerprint density at radius 1 is 1.50 bits per heavy atom. The van der Waals surface area contributed by atoms with Gasteiger partial charge in [-0.05, 0) is 19.1 Å². The molecule has 0 aliphatic rings. The van der Waals surface area contributed by atoms with Crippen molar-refractivity contribution in [2.24, 2.45) is 0 Å². The lowest BCUT2D eigenvalue weighted by Gasteiger charge is -2.05. The van der Waals surface area contributed by atoms with Crippen LogP contribution in [0.3, 0.4) is 0 Å². The first kappa shape index (κ1) is 9.13. The summed E-state index contributed by atoms with van der Waals surface area (Å²) in [5, 5.41) is 0. The van der Waals surface area contributed by atoms with E-state index in [4.69, 9.17) is 4.74 Å². The smallest absolute Gasteiger partial charge is 0.308 e. The summed E-state index contributed by atoms with van der Waals surface area (Å²) in [6, 6.07) is 5.40. The largest absolute Gasteiger partial charge is 0.426 e. The van der Waals surface area contributed by atoms with Crippen molar-refractivity contribution in [3.63, 3.8) is 0 Å². The van der Waals surface area contributed by atoms with E-state index in [1.54, 1.807) is 12.1 Å². The zero-order valence-corrected chi connectivity index (χ0v) is 7.89. The number of carbonyl (C=O) groups is 1. The molecule has 0 atom stereocenters. The van der Waals surface area contributed by atoms with E-state index >= 15 is 0 Å². The third-order valence-corrected chi connectivity index (χ3v) is 1.99. The van der Waals surface area contributed by atoms with Crippen molar-refractivity contribution >= 4 is 18.6 Å². The number of rotatable bonds is 1. The molecular weight excluding hydrogens is 172 g/mol. The maximum atomic E-state index is 10.6. The third kappa shape index (κ3) is 2.01. The van der Waals surface area contributed by atoms with Gasteiger partial charge in [0.1, 0.15) is 5.75 Å². The highest BCUT2D eigenvalue weighted by molar-refractivity contribution is 7.80. The first-order valence-electron chi connectivity index (χ1n) is 3.58. The van der Waals surface area contributed by atoms with Crippen LogP contribution in [0, 0.1) is 6.92 Å².